The Morgan fingerprint density at radius 1 is 1.19 bits per heavy atom. The second-order valence-electron chi connectivity index (χ2n) is 4.32. The van der Waals surface area contributed by atoms with Crippen LogP contribution in [0.2, 0.25) is 0 Å². The van der Waals surface area contributed by atoms with Crippen molar-refractivity contribution in [3.05, 3.63) is 69.8 Å². The molecule has 0 aliphatic carbocycles. The lowest BCUT2D eigenvalue weighted by atomic mass is 10.1. The highest BCUT2D eigenvalue weighted by Gasteiger charge is 2.22. The van der Waals surface area contributed by atoms with Crippen LogP contribution in [0, 0.1) is 21.7 Å². The van der Waals surface area contributed by atoms with Crippen molar-refractivity contribution in [1.29, 1.82) is 0 Å². The number of nitrogens with zero attached hydrogens (tertiary/aromatic N) is 1. The molecule has 0 bridgehead atoms. The molecule has 0 amide bonds. The fourth-order valence-corrected chi connectivity index (χ4v) is 1.85. The minimum absolute atomic E-state index is 0.189. The molecule has 5 nitrogen and oxygen atoms in total. The van der Waals surface area contributed by atoms with Crippen LogP contribution >= 0.6 is 0 Å². The van der Waals surface area contributed by atoms with Gasteiger partial charge in [0.2, 0.25) is 0 Å². The number of nitrogens with one attached hydrogen (secondary N) is 1. The average molecular weight is 294 g/mol. The third-order valence-corrected chi connectivity index (χ3v) is 2.93. The summed E-state index contributed by atoms with van der Waals surface area (Å²) in [5, 5.41) is 23.1. The first kappa shape index (κ1) is 14.9. The Bertz CT molecular complexity index is 650. The summed E-state index contributed by atoms with van der Waals surface area (Å²) in [5.74, 6) is -2.54. The molecule has 2 aromatic carbocycles. The molecular formula is C14H12F2N2O3. The van der Waals surface area contributed by atoms with Gasteiger partial charge in [-0.25, -0.2) is 8.78 Å². The molecule has 21 heavy (non-hydrogen) atoms. The number of aliphatic hydroxyl groups excluding tert-OH is 1. The molecule has 0 aliphatic heterocycles. The molecule has 2 rings (SSSR count). The van der Waals surface area contributed by atoms with Gasteiger partial charge in [0.25, 0.3) is 5.69 Å². The number of nitro groups is 1. The van der Waals surface area contributed by atoms with Crippen LogP contribution in [-0.4, -0.2) is 16.6 Å². The van der Waals surface area contributed by atoms with E-state index in [9.17, 15) is 24.0 Å². The van der Waals surface area contributed by atoms with Crippen LogP contribution in [0.15, 0.2) is 42.5 Å². The van der Waals surface area contributed by atoms with Crippen molar-refractivity contribution in [3.63, 3.8) is 0 Å². The number of halogens is 2. The van der Waals surface area contributed by atoms with Gasteiger partial charge >= 0.3 is 0 Å². The zero-order valence-corrected chi connectivity index (χ0v) is 10.8. The van der Waals surface area contributed by atoms with Gasteiger partial charge in [-0.3, -0.25) is 10.1 Å². The zero-order valence-electron chi connectivity index (χ0n) is 10.8. The van der Waals surface area contributed by atoms with Crippen molar-refractivity contribution in [2.45, 2.75) is 6.10 Å². The molecule has 0 heterocycles. The van der Waals surface area contributed by atoms with Crippen LogP contribution in [0.5, 0.6) is 0 Å². The summed E-state index contributed by atoms with van der Waals surface area (Å²) in [4.78, 5) is 9.99. The van der Waals surface area contributed by atoms with E-state index in [2.05, 4.69) is 5.32 Å². The van der Waals surface area contributed by atoms with E-state index < -0.39 is 34.0 Å². The molecule has 7 heteroatoms. The lowest BCUT2D eigenvalue weighted by molar-refractivity contribution is -0.384. The molecule has 0 aromatic heterocycles. The van der Waals surface area contributed by atoms with E-state index in [-0.39, 0.29) is 6.54 Å². The van der Waals surface area contributed by atoms with E-state index >= 15 is 0 Å². The lowest BCUT2D eigenvalue weighted by Gasteiger charge is -2.13. The van der Waals surface area contributed by atoms with Crippen molar-refractivity contribution < 1.29 is 18.8 Å². The number of hydrogen-bond acceptors (Lipinski definition) is 4. The summed E-state index contributed by atoms with van der Waals surface area (Å²) in [7, 11) is 0. The van der Waals surface area contributed by atoms with E-state index in [0.717, 1.165) is 6.07 Å². The van der Waals surface area contributed by atoms with Gasteiger partial charge in [-0.2, -0.15) is 0 Å². The summed E-state index contributed by atoms with van der Waals surface area (Å²) in [6, 6.07) is 10.1. The predicted molar refractivity (Wildman–Crippen MR) is 72.9 cm³/mol. The molecule has 0 saturated carbocycles. The molecule has 0 fully saturated rings. The summed E-state index contributed by atoms with van der Waals surface area (Å²) in [6.07, 6.45) is -1.01. The van der Waals surface area contributed by atoms with E-state index in [1.807, 2.05) is 0 Å². The smallest absolute Gasteiger partial charge is 0.295 e. The monoisotopic (exact) mass is 294 g/mol. The van der Waals surface area contributed by atoms with E-state index in [4.69, 9.17) is 0 Å². The SMILES string of the molecule is O=[N+]([O-])c1ccc(F)c(F)c1NCC(O)c1ccccc1. The first-order valence-corrected chi connectivity index (χ1v) is 6.10. The van der Waals surface area contributed by atoms with E-state index in [1.165, 1.54) is 0 Å². The van der Waals surface area contributed by atoms with Gasteiger partial charge in [0.1, 0.15) is 0 Å². The van der Waals surface area contributed by atoms with E-state index in [1.54, 1.807) is 30.3 Å². The summed E-state index contributed by atoms with van der Waals surface area (Å²) < 4.78 is 26.8. The number of hydrogen-bond donors (Lipinski definition) is 2. The zero-order chi connectivity index (χ0) is 15.4. The molecule has 2 N–H and O–H groups in total. The summed E-state index contributed by atoms with van der Waals surface area (Å²) in [5.41, 5.74) is -0.603. The molecule has 1 atom stereocenters. The van der Waals surface area contributed by atoms with Gasteiger partial charge in [0, 0.05) is 12.6 Å². The average Bonchev–Trinajstić information content (AvgIpc) is 2.49. The maximum absolute atomic E-state index is 13.7. The Hall–Kier alpha value is -2.54. The molecule has 0 radical (unpaired) electrons. The number of rotatable bonds is 5. The largest absolute Gasteiger partial charge is 0.387 e. The maximum atomic E-state index is 13.7. The predicted octanol–water partition coefficient (Wildman–Crippen LogP) is 3.02. The molecular weight excluding hydrogens is 282 g/mol. The minimum atomic E-state index is -1.34. The standard InChI is InChI=1S/C14H12F2N2O3/c15-10-6-7-11(18(20)21)14(13(10)16)17-8-12(19)9-4-2-1-3-5-9/h1-7,12,17,19H,8H2. The second-order valence-corrected chi connectivity index (χ2v) is 4.32. The van der Waals surface area contributed by atoms with Gasteiger partial charge < -0.3 is 10.4 Å². The van der Waals surface area contributed by atoms with Gasteiger partial charge in [-0.05, 0) is 11.6 Å². The number of anilines is 1. The highest BCUT2D eigenvalue weighted by Crippen LogP contribution is 2.29. The van der Waals surface area contributed by atoms with Gasteiger partial charge in [-0.1, -0.05) is 30.3 Å². The summed E-state index contributed by atoms with van der Waals surface area (Å²) in [6.45, 7) is -0.189. The van der Waals surface area contributed by atoms with Gasteiger partial charge in [-0.15, -0.1) is 0 Å². The molecule has 1 unspecified atom stereocenters. The number of benzene rings is 2. The molecule has 0 spiro atoms. The van der Waals surface area contributed by atoms with Crippen LogP contribution in [-0.2, 0) is 0 Å². The third-order valence-electron chi connectivity index (χ3n) is 2.93. The molecule has 110 valence electrons. The summed E-state index contributed by atoms with van der Waals surface area (Å²) >= 11 is 0. The van der Waals surface area contributed by atoms with Crippen LogP contribution in [0.25, 0.3) is 0 Å². The molecule has 2 aromatic rings. The van der Waals surface area contributed by atoms with Crippen LogP contribution in [0.3, 0.4) is 0 Å². The van der Waals surface area contributed by atoms with E-state index in [0.29, 0.717) is 11.6 Å². The number of nitro benzene ring substituents is 1. The quantitative estimate of drug-likeness (QED) is 0.656. The first-order chi connectivity index (χ1) is 10.0. The molecule has 0 aliphatic rings. The molecule has 0 saturated heterocycles. The topological polar surface area (TPSA) is 75.4 Å². The Labute approximate surface area is 119 Å². The van der Waals surface area contributed by atoms with Crippen LogP contribution in [0.4, 0.5) is 20.2 Å². The third kappa shape index (κ3) is 3.32. The van der Waals surface area contributed by atoms with Crippen molar-refractivity contribution in [2.75, 3.05) is 11.9 Å². The van der Waals surface area contributed by atoms with Gasteiger partial charge in [0.15, 0.2) is 17.3 Å². The Kier molecular flexibility index (Phi) is 4.44. The Balaban J connectivity index is 2.20. The van der Waals surface area contributed by atoms with Gasteiger partial charge in [0.05, 0.1) is 11.0 Å². The van der Waals surface area contributed by atoms with Crippen LogP contribution in [0.1, 0.15) is 11.7 Å². The van der Waals surface area contributed by atoms with Crippen molar-refractivity contribution >= 4 is 11.4 Å². The normalized spacial score (nSPS) is 12.0. The van der Waals surface area contributed by atoms with Crippen LogP contribution < -0.4 is 5.32 Å². The van der Waals surface area contributed by atoms with Crippen molar-refractivity contribution in [3.8, 4) is 0 Å². The number of aliphatic hydroxyl groups is 1. The lowest BCUT2D eigenvalue weighted by Crippen LogP contribution is -2.14. The Morgan fingerprint density at radius 2 is 1.86 bits per heavy atom. The Morgan fingerprint density at radius 3 is 2.48 bits per heavy atom. The van der Waals surface area contributed by atoms with Crippen molar-refractivity contribution in [1.82, 2.24) is 0 Å². The minimum Gasteiger partial charge on any atom is -0.387 e. The second kappa shape index (κ2) is 6.27. The fourth-order valence-electron chi connectivity index (χ4n) is 1.85. The van der Waals surface area contributed by atoms with Crippen molar-refractivity contribution in [2.24, 2.45) is 0 Å². The highest BCUT2D eigenvalue weighted by molar-refractivity contribution is 5.62. The highest BCUT2D eigenvalue weighted by atomic mass is 19.2. The fraction of sp³-hybridized carbons (Fsp3) is 0.143. The first-order valence-electron chi connectivity index (χ1n) is 6.10. The maximum Gasteiger partial charge on any atom is 0.295 e.